The topological polar surface area (TPSA) is 112 Å². The molecule has 1 aliphatic rings. The van der Waals surface area contributed by atoms with Crippen LogP contribution in [-0.4, -0.2) is 39.3 Å². The molecule has 0 fully saturated rings. The molecular formula is C13H17N3O4. The second-order valence-corrected chi connectivity index (χ2v) is 5.04. The Labute approximate surface area is 116 Å². The lowest BCUT2D eigenvalue weighted by Gasteiger charge is -2.18. The van der Waals surface area contributed by atoms with E-state index in [4.69, 9.17) is 5.11 Å². The summed E-state index contributed by atoms with van der Waals surface area (Å²) in [6.07, 6.45) is 2.98. The maximum Gasteiger partial charge on any atom is 0.337 e. The van der Waals surface area contributed by atoms with Crippen LogP contribution in [-0.2, 0) is 17.6 Å². The summed E-state index contributed by atoms with van der Waals surface area (Å²) in [7, 11) is 0. The molecule has 0 saturated carbocycles. The summed E-state index contributed by atoms with van der Waals surface area (Å²) < 4.78 is 0. The molecular weight excluding hydrogens is 262 g/mol. The fraction of sp³-hybridized carbons (Fsp3) is 0.462. The van der Waals surface area contributed by atoms with E-state index in [9.17, 15) is 14.7 Å². The number of carboxylic acids is 1. The van der Waals surface area contributed by atoms with Gasteiger partial charge in [0.2, 0.25) is 0 Å². The van der Waals surface area contributed by atoms with Gasteiger partial charge in [0.05, 0.1) is 6.54 Å². The van der Waals surface area contributed by atoms with E-state index < -0.39 is 17.6 Å². The van der Waals surface area contributed by atoms with E-state index >= 15 is 0 Å². The minimum absolute atomic E-state index is 0.390. The highest BCUT2D eigenvalue weighted by atomic mass is 16.4. The molecule has 1 unspecified atom stereocenters. The molecule has 108 valence electrons. The molecule has 7 nitrogen and oxygen atoms in total. The fourth-order valence-electron chi connectivity index (χ4n) is 1.98. The van der Waals surface area contributed by atoms with Gasteiger partial charge in [0.15, 0.2) is 5.60 Å². The molecule has 2 rings (SSSR count). The number of nitrogens with one attached hydrogen (secondary N) is 2. The van der Waals surface area contributed by atoms with Crippen LogP contribution in [0.3, 0.4) is 0 Å². The van der Waals surface area contributed by atoms with E-state index in [1.54, 1.807) is 6.07 Å². The minimum atomic E-state index is -2.00. The second-order valence-electron chi connectivity index (χ2n) is 5.04. The number of carboxylic acid groups (broad SMARTS) is 1. The first-order valence-corrected chi connectivity index (χ1v) is 6.38. The zero-order valence-electron chi connectivity index (χ0n) is 11.1. The van der Waals surface area contributed by atoms with E-state index in [-0.39, 0.29) is 6.54 Å². The van der Waals surface area contributed by atoms with E-state index in [1.807, 2.05) is 6.07 Å². The predicted octanol–water partition coefficient (Wildman–Crippen LogP) is 0.527. The molecule has 0 spiro atoms. The number of pyridine rings is 1. The van der Waals surface area contributed by atoms with Crippen LogP contribution in [0.2, 0.25) is 0 Å². The lowest BCUT2D eigenvalue weighted by Crippen LogP contribution is -2.47. The number of nitrogens with zero attached hydrogens (tertiary/aromatic N) is 1. The van der Waals surface area contributed by atoms with Crippen molar-refractivity contribution < 1.29 is 19.8 Å². The van der Waals surface area contributed by atoms with Gasteiger partial charge in [0.25, 0.3) is 0 Å². The average molecular weight is 279 g/mol. The average Bonchev–Trinajstić information content (AvgIpc) is 2.83. The molecule has 0 bridgehead atoms. The zero-order chi connectivity index (χ0) is 14.8. The van der Waals surface area contributed by atoms with Crippen molar-refractivity contribution in [2.24, 2.45) is 0 Å². The molecule has 7 heteroatoms. The lowest BCUT2D eigenvalue weighted by molar-refractivity contribution is -0.155. The van der Waals surface area contributed by atoms with Crippen molar-refractivity contribution in [2.45, 2.75) is 31.8 Å². The number of hydrogen-bond acceptors (Lipinski definition) is 4. The number of carbonyl (C=O) groups is 2. The van der Waals surface area contributed by atoms with Crippen LogP contribution in [0.25, 0.3) is 0 Å². The Morgan fingerprint density at radius 2 is 2.15 bits per heavy atom. The van der Waals surface area contributed by atoms with Gasteiger partial charge in [-0.15, -0.1) is 0 Å². The third-order valence-electron chi connectivity index (χ3n) is 3.22. The zero-order valence-corrected chi connectivity index (χ0v) is 11.1. The molecule has 1 atom stereocenters. The van der Waals surface area contributed by atoms with Crippen LogP contribution in [0.5, 0.6) is 0 Å². The van der Waals surface area contributed by atoms with Gasteiger partial charge in [-0.3, -0.25) is 5.32 Å². The second kappa shape index (κ2) is 5.46. The van der Waals surface area contributed by atoms with Crippen LogP contribution in [0.15, 0.2) is 12.1 Å². The number of rotatable bonds is 4. The summed E-state index contributed by atoms with van der Waals surface area (Å²) in [4.78, 5) is 26.6. The van der Waals surface area contributed by atoms with E-state index in [0.29, 0.717) is 5.82 Å². The normalized spacial score (nSPS) is 16.1. The van der Waals surface area contributed by atoms with Gasteiger partial charge in [-0.1, -0.05) is 6.07 Å². The Hall–Kier alpha value is -2.15. The van der Waals surface area contributed by atoms with Crippen molar-refractivity contribution in [3.8, 4) is 0 Å². The van der Waals surface area contributed by atoms with E-state index in [2.05, 4.69) is 15.6 Å². The van der Waals surface area contributed by atoms with Crippen LogP contribution in [0, 0.1) is 0 Å². The van der Waals surface area contributed by atoms with Gasteiger partial charge < -0.3 is 15.5 Å². The number of hydrogen-bond donors (Lipinski definition) is 4. The fourth-order valence-corrected chi connectivity index (χ4v) is 1.98. The van der Waals surface area contributed by atoms with Gasteiger partial charge in [0, 0.05) is 5.69 Å². The molecule has 0 radical (unpaired) electrons. The monoisotopic (exact) mass is 279 g/mol. The summed E-state index contributed by atoms with van der Waals surface area (Å²) in [6.45, 7) is 0.725. The number of anilines is 1. The number of aryl methyl sites for hydroxylation is 2. The summed E-state index contributed by atoms with van der Waals surface area (Å²) in [6, 6.07) is 3.04. The van der Waals surface area contributed by atoms with Crippen LogP contribution >= 0.6 is 0 Å². The van der Waals surface area contributed by atoms with Crippen molar-refractivity contribution in [3.05, 3.63) is 23.4 Å². The molecule has 0 aromatic carbocycles. The van der Waals surface area contributed by atoms with Gasteiger partial charge in [-0.25, -0.2) is 14.6 Å². The summed E-state index contributed by atoms with van der Waals surface area (Å²) in [5.41, 5.74) is 0.188. The Bertz CT molecular complexity index is 542. The smallest absolute Gasteiger partial charge is 0.337 e. The Morgan fingerprint density at radius 3 is 2.85 bits per heavy atom. The SMILES string of the molecule is CC(O)(CNC(=O)Nc1ccc2c(n1)CCC2)C(=O)O. The first-order valence-electron chi connectivity index (χ1n) is 6.38. The van der Waals surface area contributed by atoms with Crippen molar-refractivity contribution >= 4 is 17.8 Å². The molecule has 1 aromatic rings. The first-order chi connectivity index (χ1) is 9.38. The van der Waals surface area contributed by atoms with Gasteiger partial charge in [0.1, 0.15) is 5.82 Å². The van der Waals surface area contributed by atoms with Gasteiger partial charge in [-0.2, -0.15) is 0 Å². The lowest BCUT2D eigenvalue weighted by atomic mass is 10.1. The number of aliphatic carboxylic acids is 1. The molecule has 2 amide bonds. The molecule has 4 N–H and O–H groups in total. The van der Waals surface area contributed by atoms with Gasteiger partial charge in [-0.05, 0) is 37.8 Å². The molecule has 1 aliphatic carbocycles. The van der Waals surface area contributed by atoms with Crippen LogP contribution in [0.4, 0.5) is 10.6 Å². The maximum absolute atomic E-state index is 11.6. The number of carbonyl (C=O) groups excluding carboxylic acids is 1. The highest BCUT2D eigenvalue weighted by molar-refractivity contribution is 5.89. The third-order valence-corrected chi connectivity index (χ3v) is 3.22. The molecule has 20 heavy (non-hydrogen) atoms. The Balaban J connectivity index is 1.90. The quantitative estimate of drug-likeness (QED) is 0.642. The van der Waals surface area contributed by atoms with Crippen molar-refractivity contribution in [3.63, 3.8) is 0 Å². The number of amides is 2. The molecule has 0 saturated heterocycles. The minimum Gasteiger partial charge on any atom is -0.479 e. The Morgan fingerprint density at radius 1 is 1.40 bits per heavy atom. The number of fused-ring (bicyclic) bond motifs is 1. The van der Waals surface area contributed by atoms with Crippen LogP contribution in [0.1, 0.15) is 24.6 Å². The van der Waals surface area contributed by atoms with Crippen molar-refractivity contribution in [1.82, 2.24) is 10.3 Å². The highest BCUT2D eigenvalue weighted by Gasteiger charge is 2.30. The van der Waals surface area contributed by atoms with Crippen LogP contribution < -0.4 is 10.6 Å². The van der Waals surface area contributed by atoms with Crippen molar-refractivity contribution in [1.29, 1.82) is 0 Å². The predicted molar refractivity (Wildman–Crippen MR) is 71.5 cm³/mol. The molecule has 0 aliphatic heterocycles. The summed E-state index contributed by atoms with van der Waals surface area (Å²) in [5, 5.41) is 23.0. The number of urea groups is 1. The molecule has 1 heterocycles. The Kier molecular flexibility index (Phi) is 3.89. The van der Waals surface area contributed by atoms with E-state index in [0.717, 1.165) is 31.9 Å². The van der Waals surface area contributed by atoms with Gasteiger partial charge >= 0.3 is 12.0 Å². The number of aromatic nitrogens is 1. The molecule has 1 aromatic heterocycles. The maximum atomic E-state index is 11.6. The summed E-state index contributed by atoms with van der Waals surface area (Å²) in [5.74, 6) is -0.980. The van der Waals surface area contributed by atoms with Crippen molar-refractivity contribution in [2.75, 3.05) is 11.9 Å². The van der Waals surface area contributed by atoms with E-state index in [1.165, 1.54) is 5.56 Å². The highest BCUT2D eigenvalue weighted by Crippen LogP contribution is 2.21. The summed E-state index contributed by atoms with van der Waals surface area (Å²) >= 11 is 0. The standard InChI is InChI=1S/C13H17N3O4/c1-13(20,11(17)18)7-14-12(19)16-10-6-5-8-3-2-4-9(8)15-10/h5-6,20H,2-4,7H2,1H3,(H,17,18)(H2,14,15,16,19). The third kappa shape index (κ3) is 3.24. The number of aliphatic hydroxyl groups is 1. The largest absolute Gasteiger partial charge is 0.479 e. The first kappa shape index (κ1) is 14.3.